The second kappa shape index (κ2) is 11.9. The van der Waals surface area contributed by atoms with Crippen molar-refractivity contribution in [2.75, 3.05) is 21.3 Å². The van der Waals surface area contributed by atoms with Crippen molar-refractivity contribution in [2.45, 2.75) is 57.9 Å². The van der Waals surface area contributed by atoms with Crippen molar-refractivity contribution in [3.05, 3.63) is 11.6 Å². The van der Waals surface area contributed by atoms with Crippen LogP contribution in [0.25, 0.3) is 0 Å². The van der Waals surface area contributed by atoms with Gasteiger partial charge in [0.05, 0.1) is 0 Å². The van der Waals surface area contributed by atoms with Crippen LogP contribution in [-0.2, 0) is 18.1 Å². The average molecular weight is 318 g/mol. The van der Waals surface area contributed by atoms with Gasteiger partial charge in [0, 0.05) is 32.9 Å². The zero-order valence-electron chi connectivity index (χ0n) is 13.8. The Bertz CT molecular complexity index is 305. The van der Waals surface area contributed by atoms with Crippen LogP contribution >= 0.6 is 0 Å². The lowest BCUT2D eigenvalue weighted by molar-refractivity contribution is -0.132. The fraction of sp³-hybridized carbons (Fsp3) is 0.800. The van der Waals surface area contributed by atoms with Gasteiger partial charge in [-0.1, -0.05) is 31.8 Å². The summed E-state index contributed by atoms with van der Waals surface area (Å²) in [6.45, 7) is 1.64. The van der Waals surface area contributed by atoms with Crippen LogP contribution in [0.3, 0.4) is 0 Å². The zero-order valence-corrected chi connectivity index (χ0v) is 14.8. The Morgan fingerprint density at radius 2 is 1.43 bits per heavy atom. The molecule has 0 aliphatic heterocycles. The van der Waals surface area contributed by atoms with Gasteiger partial charge in [-0.05, 0) is 26.2 Å². The summed E-state index contributed by atoms with van der Waals surface area (Å²) in [4.78, 5) is 10.6. The smallest absolute Gasteiger partial charge is 0.478 e. The molecule has 0 atom stereocenters. The Labute approximate surface area is 129 Å². The van der Waals surface area contributed by atoms with Gasteiger partial charge in [0.25, 0.3) is 0 Å². The molecule has 0 saturated heterocycles. The molecule has 0 amide bonds. The van der Waals surface area contributed by atoms with Crippen molar-refractivity contribution >= 4 is 14.8 Å². The van der Waals surface area contributed by atoms with Crippen molar-refractivity contribution in [1.82, 2.24) is 0 Å². The second-order valence-corrected chi connectivity index (χ2v) is 8.24. The van der Waals surface area contributed by atoms with Gasteiger partial charge >= 0.3 is 14.8 Å². The number of carboxylic acids is 1. The number of unbranched alkanes of at least 4 members (excludes halogenated alkanes) is 6. The molecule has 21 heavy (non-hydrogen) atoms. The predicted octanol–water partition coefficient (Wildman–Crippen LogP) is 3.63. The number of aliphatic carboxylic acids is 1. The van der Waals surface area contributed by atoms with Crippen LogP contribution in [0, 0.1) is 0 Å². The molecule has 0 spiro atoms. The number of rotatable bonds is 13. The molecule has 0 unspecified atom stereocenters. The summed E-state index contributed by atoms with van der Waals surface area (Å²) < 4.78 is 16.1. The van der Waals surface area contributed by atoms with Crippen molar-refractivity contribution in [2.24, 2.45) is 0 Å². The Hall–Kier alpha value is -0.693. The number of carbonyl (C=O) groups is 1. The number of carboxylic acid groups (broad SMARTS) is 1. The molecular weight excluding hydrogens is 288 g/mol. The van der Waals surface area contributed by atoms with E-state index in [1.807, 2.05) is 0 Å². The van der Waals surface area contributed by atoms with Gasteiger partial charge in [-0.3, -0.25) is 0 Å². The van der Waals surface area contributed by atoms with Crippen LogP contribution in [0.15, 0.2) is 11.6 Å². The van der Waals surface area contributed by atoms with E-state index in [4.69, 9.17) is 18.4 Å². The van der Waals surface area contributed by atoms with E-state index in [0.29, 0.717) is 5.57 Å². The van der Waals surface area contributed by atoms with Crippen LogP contribution in [0.4, 0.5) is 0 Å². The highest BCUT2D eigenvalue weighted by atomic mass is 28.4. The summed E-state index contributed by atoms with van der Waals surface area (Å²) in [6.07, 6.45) is 9.42. The van der Waals surface area contributed by atoms with Crippen LogP contribution in [0.1, 0.15) is 51.9 Å². The normalized spacial score (nSPS) is 12.7. The number of hydrogen-bond donors (Lipinski definition) is 1. The molecule has 124 valence electrons. The van der Waals surface area contributed by atoms with Gasteiger partial charge < -0.3 is 18.4 Å². The summed E-state index contributed by atoms with van der Waals surface area (Å²) in [7, 11) is 2.55. The standard InChI is InChI=1S/C15H30O5Si/c1-14(15(16)17)12-10-8-6-5-7-9-11-13-21(18-2,19-3)20-4/h12H,5-11,13H2,1-4H3,(H,16,17). The molecule has 0 fully saturated rings. The third-order valence-electron chi connectivity index (χ3n) is 3.66. The van der Waals surface area contributed by atoms with Crippen molar-refractivity contribution in [3.63, 3.8) is 0 Å². The fourth-order valence-electron chi connectivity index (χ4n) is 2.16. The predicted molar refractivity (Wildman–Crippen MR) is 85.3 cm³/mol. The van der Waals surface area contributed by atoms with Crippen LogP contribution in [0.5, 0.6) is 0 Å². The molecule has 5 nitrogen and oxygen atoms in total. The molecular formula is C15H30O5Si. The molecule has 0 radical (unpaired) electrons. The third-order valence-corrected chi connectivity index (χ3v) is 6.49. The summed E-state index contributed by atoms with van der Waals surface area (Å²) in [5.41, 5.74) is 0.440. The highest BCUT2D eigenvalue weighted by Gasteiger charge is 2.36. The molecule has 1 N–H and O–H groups in total. The van der Waals surface area contributed by atoms with E-state index in [9.17, 15) is 4.79 Å². The Kier molecular flexibility index (Phi) is 11.5. The van der Waals surface area contributed by atoms with Gasteiger partial charge in [-0.2, -0.15) is 0 Å². The molecule has 0 aromatic carbocycles. The van der Waals surface area contributed by atoms with Gasteiger partial charge in [0.2, 0.25) is 0 Å². The molecule has 6 heteroatoms. The summed E-state index contributed by atoms with van der Waals surface area (Å²) >= 11 is 0. The topological polar surface area (TPSA) is 65.0 Å². The molecule has 0 bridgehead atoms. The maximum absolute atomic E-state index is 10.6. The second-order valence-electron chi connectivity index (χ2n) is 5.15. The van der Waals surface area contributed by atoms with E-state index < -0.39 is 14.8 Å². The molecule has 0 aliphatic rings. The maximum atomic E-state index is 10.6. The van der Waals surface area contributed by atoms with Crippen LogP contribution in [0.2, 0.25) is 6.04 Å². The minimum absolute atomic E-state index is 0.440. The molecule has 0 rings (SSSR count). The minimum Gasteiger partial charge on any atom is -0.478 e. The van der Waals surface area contributed by atoms with E-state index in [0.717, 1.165) is 38.1 Å². The van der Waals surface area contributed by atoms with Crippen molar-refractivity contribution in [1.29, 1.82) is 0 Å². The van der Waals surface area contributed by atoms with E-state index in [1.165, 1.54) is 12.8 Å². The summed E-state index contributed by atoms with van der Waals surface area (Å²) in [5.74, 6) is -0.822. The zero-order chi connectivity index (χ0) is 16.1. The molecule has 0 aromatic heterocycles. The number of hydrogen-bond acceptors (Lipinski definition) is 4. The molecule has 0 heterocycles. The lowest BCUT2D eigenvalue weighted by atomic mass is 10.1. The highest BCUT2D eigenvalue weighted by Crippen LogP contribution is 2.18. The SMILES string of the molecule is CO[Si](CCCCCCCCC=C(C)C(=O)O)(OC)OC. The first kappa shape index (κ1) is 20.3. The Morgan fingerprint density at radius 1 is 0.952 bits per heavy atom. The monoisotopic (exact) mass is 318 g/mol. The molecule has 0 saturated carbocycles. The third kappa shape index (κ3) is 9.03. The van der Waals surface area contributed by atoms with Gasteiger partial charge in [0.15, 0.2) is 0 Å². The highest BCUT2D eigenvalue weighted by molar-refractivity contribution is 6.60. The van der Waals surface area contributed by atoms with Gasteiger partial charge in [-0.15, -0.1) is 0 Å². The van der Waals surface area contributed by atoms with Crippen molar-refractivity contribution < 1.29 is 23.2 Å². The fourth-order valence-corrected chi connectivity index (χ4v) is 3.95. The first-order valence-electron chi connectivity index (χ1n) is 7.57. The van der Waals surface area contributed by atoms with Gasteiger partial charge in [0.1, 0.15) is 0 Å². The largest absolute Gasteiger partial charge is 0.500 e. The first-order chi connectivity index (χ1) is 10.0. The lowest BCUT2D eigenvalue weighted by Crippen LogP contribution is -2.42. The summed E-state index contributed by atoms with van der Waals surface area (Å²) in [6, 6.07) is 0.858. The lowest BCUT2D eigenvalue weighted by Gasteiger charge is -2.24. The van der Waals surface area contributed by atoms with E-state index in [-0.39, 0.29) is 0 Å². The Balaban J connectivity index is 3.57. The average Bonchev–Trinajstić information content (AvgIpc) is 2.49. The van der Waals surface area contributed by atoms with E-state index in [2.05, 4.69) is 0 Å². The molecule has 0 aromatic rings. The Morgan fingerprint density at radius 3 is 1.90 bits per heavy atom. The van der Waals surface area contributed by atoms with E-state index in [1.54, 1.807) is 34.3 Å². The summed E-state index contributed by atoms with van der Waals surface area (Å²) in [5, 5.41) is 8.71. The number of allylic oxidation sites excluding steroid dienone is 1. The van der Waals surface area contributed by atoms with Crippen LogP contribution < -0.4 is 0 Å². The molecule has 0 aliphatic carbocycles. The van der Waals surface area contributed by atoms with Crippen LogP contribution in [-0.4, -0.2) is 41.2 Å². The van der Waals surface area contributed by atoms with E-state index >= 15 is 0 Å². The quantitative estimate of drug-likeness (QED) is 0.319. The first-order valence-corrected chi connectivity index (χ1v) is 9.50. The van der Waals surface area contributed by atoms with Crippen molar-refractivity contribution in [3.8, 4) is 0 Å². The van der Waals surface area contributed by atoms with Gasteiger partial charge in [-0.25, -0.2) is 4.79 Å². The maximum Gasteiger partial charge on any atom is 0.500 e. The minimum atomic E-state index is -2.39.